The van der Waals surface area contributed by atoms with Crippen LogP contribution >= 0.6 is 15.9 Å². The van der Waals surface area contributed by atoms with Crippen LogP contribution in [0.15, 0.2) is 28.7 Å². The highest BCUT2D eigenvalue weighted by Gasteiger charge is 2.19. The molecule has 1 unspecified atom stereocenters. The minimum absolute atomic E-state index is 0.0770. The Hall–Kier alpha value is -1.01. The van der Waals surface area contributed by atoms with Crippen LogP contribution in [0.25, 0.3) is 0 Å². The zero-order valence-corrected chi connectivity index (χ0v) is 12.1. The van der Waals surface area contributed by atoms with Crippen LogP contribution in [0.4, 0.5) is 5.69 Å². The van der Waals surface area contributed by atoms with Gasteiger partial charge in [-0.3, -0.25) is 0 Å². The average Bonchev–Trinajstić information content (AvgIpc) is 2.41. The number of nitrogens with one attached hydrogen (secondary N) is 1. The van der Waals surface area contributed by atoms with Crippen molar-refractivity contribution in [3.05, 3.63) is 28.7 Å². The molecule has 1 fully saturated rings. The van der Waals surface area contributed by atoms with E-state index in [1.54, 1.807) is 0 Å². The molecule has 0 spiro atoms. The molecule has 2 rings (SSSR count). The summed E-state index contributed by atoms with van der Waals surface area (Å²) in [5.41, 5.74) is 1.01. The monoisotopic (exact) mass is 306 g/mol. The summed E-state index contributed by atoms with van der Waals surface area (Å²) in [5.74, 6) is 0.721. The van der Waals surface area contributed by atoms with Crippen molar-refractivity contribution >= 4 is 21.6 Å². The van der Waals surface area contributed by atoms with Gasteiger partial charge >= 0.3 is 0 Å². The molecule has 1 N–H and O–H groups in total. The van der Waals surface area contributed by atoms with Crippen LogP contribution in [-0.2, 0) is 0 Å². The summed E-state index contributed by atoms with van der Waals surface area (Å²) in [4.78, 5) is 0. The van der Waals surface area contributed by atoms with E-state index in [1.165, 1.54) is 32.1 Å². The number of rotatable bonds is 4. The summed E-state index contributed by atoms with van der Waals surface area (Å²) in [6.45, 7) is 0. The van der Waals surface area contributed by atoms with E-state index in [1.807, 2.05) is 24.3 Å². The van der Waals surface area contributed by atoms with Gasteiger partial charge in [-0.2, -0.15) is 5.26 Å². The highest BCUT2D eigenvalue weighted by atomic mass is 79.9. The molecule has 1 aromatic rings. The molecule has 1 aliphatic carbocycles. The van der Waals surface area contributed by atoms with E-state index in [0.717, 1.165) is 22.5 Å². The van der Waals surface area contributed by atoms with Gasteiger partial charge in [0.05, 0.1) is 6.07 Å². The molecule has 0 aromatic heterocycles. The molecule has 1 aliphatic rings. The lowest BCUT2D eigenvalue weighted by Gasteiger charge is -2.24. The molecule has 1 aromatic carbocycles. The van der Waals surface area contributed by atoms with Crippen LogP contribution < -0.4 is 5.32 Å². The maximum atomic E-state index is 9.28. The van der Waals surface area contributed by atoms with Crippen LogP contribution in [0.3, 0.4) is 0 Å². The van der Waals surface area contributed by atoms with Crippen molar-refractivity contribution in [1.29, 1.82) is 5.26 Å². The Bertz CT molecular complexity index is 419. The number of hydrogen-bond acceptors (Lipinski definition) is 2. The number of benzene rings is 1. The summed E-state index contributed by atoms with van der Waals surface area (Å²) in [5, 5.41) is 12.6. The highest BCUT2D eigenvalue weighted by Crippen LogP contribution is 2.29. The third-order valence-electron chi connectivity index (χ3n) is 3.65. The van der Waals surface area contributed by atoms with Gasteiger partial charge in [0.15, 0.2) is 0 Å². The molecular formula is C15H19BrN2. The van der Waals surface area contributed by atoms with Crippen molar-refractivity contribution in [2.75, 3.05) is 5.32 Å². The second-order valence-corrected chi connectivity index (χ2v) is 5.90. The second kappa shape index (κ2) is 6.80. The Morgan fingerprint density at radius 1 is 1.28 bits per heavy atom. The van der Waals surface area contributed by atoms with E-state index in [-0.39, 0.29) is 6.04 Å². The highest BCUT2D eigenvalue weighted by molar-refractivity contribution is 9.10. The predicted octanol–water partition coefficient (Wildman–Crippen LogP) is 4.72. The van der Waals surface area contributed by atoms with Crippen molar-refractivity contribution in [2.24, 2.45) is 5.92 Å². The third kappa shape index (κ3) is 3.74. The minimum Gasteiger partial charge on any atom is -0.369 e. The van der Waals surface area contributed by atoms with E-state index in [0.29, 0.717) is 0 Å². The SMILES string of the molecule is N#CC(CC1CCCCC1)Nc1ccccc1Br. The van der Waals surface area contributed by atoms with Gasteiger partial charge in [0.1, 0.15) is 6.04 Å². The number of para-hydroxylation sites is 1. The van der Waals surface area contributed by atoms with Crippen molar-refractivity contribution in [3.63, 3.8) is 0 Å². The molecule has 0 amide bonds. The van der Waals surface area contributed by atoms with E-state index >= 15 is 0 Å². The van der Waals surface area contributed by atoms with Crippen LogP contribution in [0.1, 0.15) is 38.5 Å². The molecule has 0 aliphatic heterocycles. The number of halogens is 1. The summed E-state index contributed by atoms with van der Waals surface area (Å²) >= 11 is 3.51. The molecule has 1 saturated carbocycles. The van der Waals surface area contributed by atoms with E-state index in [9.17, 15) is 5.26 Å². The van der Waals surface area contributed by atoms with E-state index < -0.39 is 0 Å². The number of anilines is 1. The van der Waals surface area contributed by atoms with Crippen LogP contribution in [-0.4, -0.2) is 6.04 Å². The molecule has 0 saturated heterocycles. The standard InChI is InChI=1S/C15H19BrN2/c16-14-8-4-5-9-15(14)18-13(11-17)10-12-6-2-1-3-7-12/h4-5,8-9,12-13,18H,1-3,6-7,10H2. The Balaban J connectivity index is 1.93. The van der Waals surface area contributed by atoms with Gasteiger partial charge in [0.2, 0.25) is 0 Å². The molecule has 96 valence electrons. The summed E-state index contributed by atoms with van der Waals surface area (Å²) in [7, 11) is 0. The molecular weight excluding hydrogens is 288 g/mol. The van der Waals surface area contributed by atoms with Gasteiger partial charge in [-0.15, -0.1) is 0 Å². The first-order valence-corrected chi connectivity index (χ1v) is 7.49. The largest absolute Gasteiger partial charge is 0.369 e. The smallest absolute Gasteiger partial charge is 0.114 e. The van der Waals surface area contributed by atoms with E-state index in [4.69, 9.17) is 0 Å². The average molecular weight is 307 g/mol. The van der Waals surface area contributed by atoms with Crippen LogP contribution in [0.5, 0.6) is 0 Å². The Morgan fingerprint density at radius 2 is 2.00 bits per heavy atom. The van der Waals surface area contributed by atoms with Gasteiger partial charge in [-0.25, -0.2) is 0 Å². The summed E-state index contributed by atoms with van der Waals surface area (Å²) < 4.78 is 1.02. The Labute approximate surface area is 118 Å². The van der Waals surface area contributed by atoms with Gasteiger partial charge in [-0.1, -0.05) is 44.2 Å². The maximum absolute atomic E-state index is 9.28. The quantitative estimate of drug-likeness (QED) is 0.873. The normalized spacial score (nSPS) is 18.0. The Morgan fingerprint density at radius 3 is 2.67 bits per heavy atom. The lowest BCUT2D eigenvalue weighted by atomic mass is 9.85. The number of nitrogens with zero attached hydrogens (tertiary/aromatic N) is 1. The summed E-state index contributed by atoms with van der Waals surface area (Å²) in [6, 6.07) is 10.3. The molecule has 1 atom stereocenters. The van der Waals surface area contributed by atoms with Crippen molar-refractivity contribution in [2.45, 2.75) is 44.6 Å². The van der Waals surface area contributed by atoms with Gasteiger partial charge in [-0.05, 0) is 40.4 Å². The topological polar surface area (TPSA) is 35.8 Å². The molecule has 2 nitrogen and oxygen atoms in total. The number of nitriles is 1. The molecule has 3 heteroatoms. The van der Waals surface area contributed by atoms with Crippen molar-refractivity contribution in [3.8, 4) is 6.07 Å². The molecule has 18 heavy (non-hydrogen) atoms. The first-order chi connectivity index (χ1) is 8.79. The fourth-order valence-corrected chi connectivity index (χ4v) is 3.07. The second-order valence-electron chi connectivity index (χ2n) is 5.05. The number of hydrogen-bond donors (Lipinski definition) is 1. The molecule has 0 heterocycles. The lowest BCUT2D eigenvalue weighted by molar-refractivity contribution is 0.335. The lowest BCUT2D eigenvalue weighted by Crippen LogP contribution is -2.22. The zero-order valence-electron chi connectivity index (χ0n) is 10.5. The predicted molar refractivity (Wildman–Crippen MR) is 78.4 cm³/mol. The van der Waals surface area contributed by atoms with Crippen LogP contribution in [0, 0.1) is 17.2 Å². The van der Waals surface area contributed by atoms with Gasteiger partial charge in [0.25, 0.3) is 0 Å². The molecule has 0 radical (unpaired) electrons. The molecule has 0 bridgehead atoms. The minimum atomic E-state index is -0.0770. The first-order valence-electron chi connectivity index (χ1n) is 6.70. The fourth-order valence-electron chi connectivity index (χ4n) is 2.67. The maximum Gasteiger partial charge on any atom is 0.114 e. The van der Waals surface area contributed by atoms with Crippen LogP contribution in [0.2, 0.25) is 0 Å². The van der Waals surface area contributed by atoms with Crippen molar-refractivity contribution in [1.82, 2.24) is 0 Å². The van der Waals surface area contributed by atoms with Crippen molar-refractivity contribution < 1.29 is 0 Å². The third-order valence-corrected chi connectivity index (χ3v) is 4.34. The fraction of sp³-hybridized carbons (Fsp3) is 0.533. The van der Waals surface area contributed by atoms with Gasteiger partial charge < -0.3 is 5.32 Å². The zero-order chi connectivity index (χ0) is 12.8. The van der Waals surface area contributed by atoms with Gasteiger partial charge in [0, 0.05) is 10.2 Å². The summed E-state index contributed by atoms with van der Waals surface area (Å²) in [6.07, 6.45) is 7.57. The van der Waals surface area contributed by atoms with E-state index in [2.05, 4.69) is 27.3 Å². The Kier molecular flexibility index (Phi) is 5.07. The first kappa shape index (κ1) is 13.4.